The summed E-state index contributed by atoms with van der Waals surface area (Å²) in [5.41, 5.74) is 5.84. The fourth-order valence-electron chi connectivity index (χ4n) is 3.26. The van der Waals surface area contributed by atoms with Gasteiger partial charge in [-0.25, -0.2) is 8.42 Å². The Hall–Kier alpha value is -1.11. The molecule has 0 radical (unpaired) electrons. The van der Waals surface area contributed by atoms with Crippen LogP contribution in [-0.2, 0) is 19.3 Å². The Bertz CT molecular complexity index is 602. The van der Waals surface area contributed by atoms with Gasteiger partial charge in [0.15, 0.2) is 9.84 Å². The standard InChI is InChI=1S/C15H21NO4S/c16-13-3-1-2-4-14(13)21(17,18)12-5-8-20-15(11-12)6-9-19-10-7-15/h1-4,12H,5-11,16H2. The number of ether oxygens (including phenoxy) is 2. The van der Waals surface area contributed by atoms with Gasteiger partial charge in [-0.15, -0.1) is 0 Å². The van der Waals surface area contributed by atoms with Gasteiger partial charge in [-0.1, -0.05) is 12.1 Å². The van der Waals surface area contributed by atoms with Gasteiger partial charge in [0.25, 0.3) is 0 Å². The molecule has 6 heteroatoms. The number of anilines is 1. The molecule has 0 amide bonds. The van der Waals surface area contributed by atoms with E-state index in [0.29, 0.717) is 38.3 Å². The molecule has 1 aromatic rings. The third kappa shape index (κ3) is 2.80. The van der Waals surface area contributed by atoms with Crippen molar-refractivity contribution in [3.05, 3.63) is 24.3 Å². The van der Waals surface area contributed by atoms with E-state index < -0.39 is 15.1 Å². The Morgan fingerprint density at radius 1 is 1.14 bits per heavy atom. The molecule has 0 bridgehead atoms. The number of hydrogen-bond acceptors (Lipinski definition) is 5. The Labute approximate surface area is 125 Å². The van der Waals surface area contributed by atoms with Crippen LogP contribution in [-0.4, -0.2) is 39.1 Å². The van der Waals surface area contributed by atoms with Crippen molar-refractivity contribution in [2.75, 3.05) is 25.6 Å². The summed E-state index contributed by atoms with van der Waals surface area (Å²) in [4.78, 5) is 0.249. The van der Waals surface area contributed by atoms with E-state index in [-0.39, 0.29) is 10.5 Å². The smallest absolute Gasteiger partial charge is 0.183 e. The van der Waals surface area contributed by atoms with Gasteiger partial charge in [0.2, 0.25) is 0 Å². The van der Waals surface area contributed by atoms with Gasteiger partial charge in [-0.05, 0) is 37.8 Å². The van der Waals surface area contributed by atoms with E-state index in [1.807, 2.05) is 0 Å². The van der Waals surface area contributed by atoms with Crippen LogP contribution in [0.1, 0.15) is 25.7 Å². The van der Waals surface area contributed by atoms with Crippen LogP contribution in [0.15, 0.2) is 29.2 Å². The average Bonchev–Trinajstić information content (AvgIpc) is 2.48. The number of hydrogen-bond donors (Lipinski definition) is 1. The molecule has 2 fully saturated rings. The number of benzene rings is 1. The zero-order valence-electron chi connectivity index (χ0n) is 12.0. The summed E-state index contributed by atoms with van der Waals surface area (Å²) in [6.07, 6.45) is 2.60. The third-order valence-corrected chi connectivity index (χ3v) is 6.78. The molecular formula is C15H21NO4S. The normalized spacial score (nSPS) is 25.8. The fraction of sp³-hybridized carbons (Fsp3) is 0.600. The minimum atomic E-state index is -3.41. The summed E-state index contributed by atoms with van der Waals surface area (Å²) in [6.45, 7) is 1.76. The Morgan fingerprint density at radius 3 is 2.57 bits per heavy atom. The number of nitrogen functional groups attached to an aromatic ring is 1. The highest BCUT2D eigenvalue weighted by Crippen LogP contribution is 2.39. The predicted octanol–water partition coefficient (Wildman–Crippen LogP) is 1.77. The molecule has 2 aliphatic heterocycles. The van der Waals surface area contributed by atoms with Crippen LogP contribution in [0.4, 0.5) is 5.69 Å². The first-order valence-corrected chi connectivity index (χ1v) is 8.88. The van der Waals surface area contributed by atoms with E-state index in [1.165, 1.54) is 0 Å². The van der Waals surface area contributed by atoms with Gasteiger partial charge in [0, 0.05) is 19.8 Å². The average molecular weight is 311 g/mol. The second-order valence-corrected chi connectivity index (χ2v) is 8.04. The topological polar surface area (TPSA) is 78.6 Å². The summed E-state index contributed by atoms with van der Waals surface area (Å²) in [5.74, 6) is 0. The van der Waals surface area contributed by atoms with Crippen molar-refractivity contribution in [3.8, 4) is 0 Å². The molecule has 1 atom stereocenters. The first kappa shape index (κ1) is 14.8. The largest absolute Gasteiger partial charge is 0.398 e. The zero-order chi connectivity index (χ0) is 14.9. The highest BCUT2D eigenvalue weighted by molar-refractivity contribution is 7.92. The SMILES string of the molecule is Nc1ccccc1S(=O)(=O)C1CCOC2(CCOCC2)C1. The van der Waals surface area contributed by atoms with Crippen molar-refractivity contribution >= 4 is 15.5 Å². The Kier molecular flexibility index (Phi) is 3.94. The number of nitrogens with two attached hydrogens (primary N) is 1. The highest BCUT2D eigenvalue weighted by atomic mass is 32.2. The van der Waals surface area contributed by atoms with Gasteiger partial charge in [0.05, 0.1) is 21.4 Å². The van der Waals surface area contributed by atoms with Crippen LogP contribution in [0, 0.1) is 0 Å². The molecule has 2 heterocycles. The van der Waals surface area contributed by atoms with Gasteiger partial charge in [-0.3, -0.25) is 0 Å². The van der Waals surface area contributed by atoms with Crippen LogP contribution in [0.5, 0.6) is 0 Å². The van der Waals surface area contributed by atoms with Crippen molar-refractivity contribution in [1.29, 1.82) is 0 Å². The second-order valence-electron chi connectivity index (χ2n) is 5.84. The zero-order valence-corrected chi connectivity index (χ0v) is 12.8. The molecule has 0 saturated carbocycles. The molecule has 1 spiro atoms. The van der Waals surface area contributed by atoms with Crippen LogP contribution < -0.4 is 5.73 Å². The molecule has 2 aliphatic rings. The van der Waals surface area contributed by atoms with Crippen molar-refractivity contribution in [3.63, 3.8) is 0 Å². The fourth-order valence-corrected chi connectivity index (χ4v) is 5.21. The van der Waals surface area contributed by atoms with Crippen molar-refractivity contribution < 1.29 is 17.9 Å². The van der Waals surface area contributed by atoms with Crippen molar-refractivity contribution in [2.24, 2.45) is 0 Å². The molecule has 116 valence electrons. The summed E-state index contributed by atoms with van der Waals surface area (Å²) in [7, 11) is -3.41. The lowest BCUT2D eigenvalue weighted by Gasteiger charge is -2.43. The maximum absolute atomic E-state index is 12.9. The molecule has 5 nitrogen and oxygen atoms in total. The number of rotatable bonds is 2. The van der Waals surface area contributed by atoms with E-state index in [4.69, 9.17) is 15.2 Å². The van der Waals surface area contributed by atoms with Crippen LogP contribution >= 0.6 is 0 Å². The molecule has 2 N–H and O–H groups in total. The number of sulfone groups is 1. The van der Waals surface area contributed by atoms with Crippen molar-refractivity contribution in [2.45, 2.75) is 41.4 Å². The molecule has 1 unspecified atom stereocenters. The van der Waals surface area contributed by atoms with E-state index >= 15 is 0 Å². The first-order chi connectivity index (χ1) is 10.0. The highest BCUT2D eigenvalue weighted by Gasteiger charge is 2.43. The number of para-hydroxylation sites is 1. The summed E-state index contributed by atoms with van der Waals surface area (Å²) in [6, 6.07) is 6.69. The van der Waals surface area contributed by atoms with Gasteiger partial charge in [0.1, 0.15) is 0 Å². The molecule has 3 rings (SSSR count). The molecule has 2 saturated heterocycles. The Morgan fingerprint density at radius 2 is 1.86 bits per heavy atom. The predicted molar refractivity (Wildman–Crippen MR) is 79.8 cm³/mol. The summed E-state index contributed by atoms with van der Waals surface area (Å²) >= 11 is 0. The Balaban J connectivity index is 1.87. The molecule has 0 aromatic heterocycles. The second kappa shape index (κ2) is 5.59. The quantitative estimate of drug-likeness (QED) is 0.842. The van der Waals surface area contributed by atoms with Crippen LogP contribution in [0.25, 0.3) is 0 Å². The minimum Gasteiger partial charge on any atom is -0.398 e. The van der Waals surface area contributed by atoms with E-state index in [2.05, 4.69) is 0 Å². The minimum absolute atomic E-state index is 0.249. The maximum atomic E-state index is 12.9. The maximum Gasteiger partial charge on any atom is 0.183 e. The molecule has 21 heavy (non-hydrogen) atoms. The third-order valence-electron chi connectivity index (χ3n) is 4.52. The lowest BCUT2D eigenvalue weighted by Crippen LogP contribution is -2.47. The summed E-state index contributed by atoms with van der Waals surface area (Å²) in [5, 5.41) is -0.422. The summed E-state index contributed by atoms with van der Waals surface area (Å²) < 4.78 is 37.0. The van der Waals surface area contributed by atoms with Crippen molar-refractivity contribution in [1.82, 2.24) is 0 Å². The van der Waals surface area contributed by atoms with Crippen LogP contribution in [0.3, 0.4) is 0 Å². The van der Waals surface area contributed by atoms with Gasteiger partial charge >= 0.3 is 0 Å². The van der Waals surface area contributed by atoms with E-state index in [9.17, 15) is 8.42 Å². The molecule has 0 aliphatic carbocycles. The van der Waals surface area contributed by atoms with E-state index in [1.54, 1.807) is 24.3 Å². The van der Waals surface area contributed by atoms with Gasteiger partial charge in [-0.2, -0.15) is 0 Å². The van der Waals surface area contributed by atoms with Crippen LogP contribution in [0.2, 0.25) is 0 Å². The molecular weight excluding hydrogens is 290 g/mol. The lowest BCUT2D eigenvalue weighted by molar-refractivity contribution is -0.132. The van der Waals surface area contributed by atoms with Gasteiger partial charge < -0.3 is 15.2 Å². The lowest BCUT2D eigenvalue weighted by atomic mass is 9.86. The molecule has 1 aromatic carbocycles. The first-order valence-electron chi connectivity index (χ1n) is 7.34. The monoisotopic (exact) mass is 311 g/mol. The van der Waals surface area contributed by atoms with E-state index in [0.717, 1.165) is 12.8 Å².